The van der Waals surface area contributed by atoms with Gasteiger partial charge >= 0.3 is 0 Å². The summed E-state index contributed by atoms with van der Waals surface area (Å²) < 4.78 is 0. The maximum absolute atomic E-state index is 12.8. The van der Waals surface area contributed by atoms with E-state index in [2.05, 4.69) is 22.8 Å². The Hall–Kier alpha value is -1.32. The molecule has 4 nitrogen and oxygen atoms in total. The van der Waals surface area contributed by atoms with Crippen LogP contribution in [0.15, 0.2) is 12.2 Å². The smallest absolute Gasteiger partial charge is 0.224 e. The quantitative estimate of drug-likeness (QED) is 0.771. The van der Waals surface area contributed by atoms with E-state index in [9.17, 15) is 9.59 Å². The maximum Gasteiger partial charge on any atom is 0.224 e. The van der Waals surface area contributed by atoms with Gasteiger partial charge in [-0.05, 0) is 66.2 Å². The van der Waals surface area contributed by atoms with E-state index in [1.165, 1.54) is 0 Å². The highest BCUT2D eigenvalue weighted by atomic mass is 16.2. The molecule has 3 aliphatic rings. The zero-order valence-corrected chi connectivity index (χ0v) is 14.7. The highest BCUT2D eigenvalue weighted by Crippen LogP contribution is 2.45. The Balaban J connectivity index is 2.23. The molecule has 0 heterocycles. The van der Waals surface area contributed by atoms with Gasteiger partial charge in [-0.3, -0.25) is 9.59 Å². The molecule has 2 N–H and O–H groups in total. The number of rotatable bonds is 2. The Kier molecular flexibility index (Phi) is 4.42. The average molecular weight is 306 g/mol. The summed E-state index contributed by atoms with van der Waals surface area (Å²) in [6, 6.07) is 0. The molecular formula is C18H30N2O2. The minimum absolute atomic E-state index is 0.0145. The van der Waals surface area contributed by atoms with Crippen LogP contribution >= 0.6 is 0 Å². The van der Waals surface area contributed by atoms with Gasteiger partial charge in [-0.1, -0.05) is 12.2 Å². The van der Waals surface area contributed by atoms with Crippen molar-refractivity contribution in [2.45, 2.75) is 65.5 Å². The molecule has 3 aliphatic carbocycles. The monoisotopic (exact) mass is 306 g/mol. The van der Waals surface area contributed by atoms with Crippen molar-refractivity contribution >= 4 is 11.8 Å². The van der Waals surface area contributed by atoms with Crippen LogP contribution < -0.4 is 10.6 Å². The van der Waals surface area contributed by atoms with E-state index in [1.807, 2.05) is 41.5 Å². The number of hydrogen-bond acceptors (Lipinski definition) is 2. The lowest BCUT2D eigenvalue weighted by atomic mass is 9.61. The van der Waals surface area contributed by atoms with E-state index in [4.69, 9.17) is 0 Å². The first kappa shape index (κ1) is 17.0. The summed E-state index contributed by atoms with van der Waals surface area (Å²) in [5, 5.41) is 6.14. The molecule has 0 aromatic carbocycles. The summed E-state index contributed by atoms with van der Waals surface area (Å²) in [5.41, 5.74) is -0.551. The van der Waals surface area contributed by atoms with Crippen LogP contribution in [0.3, 0.4) is 0 Å². The minimum Gasteiger partial charge on any atom is -0.351 e. The fraction of sp³-hybridized carbons (Fsp3) is 0.778. The van der Waals surface area contributed by atoms with E-state index in [1.54, 1.807) is 0 Å². The zero-order chi connectivity index (χ0) is 16.7. The van der Waals surface area contributed by atoms with Crippen molar-refractivity contribution in [3.05, 3.63) is 12.2 Å². The number of fused-ring (bicyclic) bond motifs is 2. The molecule has 4 heteroatoms. The second-order valence-corrected chi connectivity index (χ2v) is 8.82. The van der Waals surface area contributed by atoms with Gasteiger partial charge < -0.3 is 10.6 Å². The topological polar surface area (TPSA) is 58.2 Å². The summed E-state index contributed by atoms with van der Waals surface area (Å²) in [5.74, 6) is -0.0944. The number of amides is 2. The standard InChI is InChI=1S/C18H30N2O2/c1-17(2,3)19-15(21)13-11-7-9-12(10-8-11)14(13)16(22)20-18(4,5)6/h7,9,11-14H,8,10H2,1-6H3,(H,19,21)(H,20,22)/t11-,12-,13-,14+/m0/s1. The van der Waals surface area contributed by atoms with Crippen LogP contribution in [0.25, 0.3) is 0 Å². The predicted molar refractivity (Wildman–Crippen MR) is 88.1 cm³/mol. The predicted octanol–water partition coefficient (Wildman–Crippen LogP) is 2.64. The number of nitrogens with one attached hydrogen (secondary N) is 2. The Morgan fingerprint density at radius 2 is 1.09 bits per heavy atom. The first-order valence-electron chi connectivity index (χ1n) is 8.30. The second kappa shape index (κ2) is 5.71. The molecule has 22 heavy (non-hydrogen) atoms. The van der Waals surface area contributed by atoms with Crippen molar-refractivity contribution in [1.82, 2.24) is 10.6 Å². The molecule has 0 aromatic rings. The van der Waals surface area contributed by atoms with Crippen LogP contribution in [0.4, 0.5) is 0 Å². The zero-order valence-electron chi connectivity index (χ0n) is 14.7. The molecule has 0 saturated heterocycles. The van der Waals surface area contributed by atoms with Gasteiger partial charge in [-0.25, -0.2) is 0 Å². The molecule has 0 spiro atoms. The average Bonchev–Trinajstić information content (AvgIpc) is 2.34. The highest BCUT2D eigenvalue weighted by Gasteiger charge is 2.48. The van der Waals surface area contributed by atoms with Gasteiger partial charge in [0.05, 0.1) is 11.8 Å². The highest BCUT2D eigenvalue weighted by molar-refractivity contribution is 5.89. The van der Waals surface area contributed by atoms with E-state index in [0.29, 0.717) is 0 Å². The van der Waals surface area contributed by atoms with Crippen molar-refractivity contribution < 1.29 is 9.59 Å². The van der Waals surface area contributed by atoms with Crippen molar-refractivity contribution in [1.29, 1.82) is 0 Å². The summed E-state index contributed by atoms with van der Waals surface area (Å²) in [6.07, 6.45) is 6.29. The molecule has 2 bridgehead atoms. The van der Waals surface area contributed by atoms with E-state index in [0.717, 1.165) is 12.8 Å². The number of allylic oxidation sites excluding steroid dienone is 2. The first-order chi connectivity index (χ1) is 9.98. The minimum atomic E-state index is -0.275. The van der Waals surface area contributed by atoms with E-state index >= 15 is 0 Å². The summed E-state index contributed by atoms with van der Waals surface area (Å²) in [4.78, 5) is 25.5. The van der Waals surface area contributed by atoms with Gasteiger partial charge in [0.2, 0.25) is 11.8 Å². The largest absolute Gasteiger partial charge is 0.351 e. The Labute approximate surface area is 134 Å². The molecule has 0 aliphatic heterocycles. The molecule has 124 valence electrons. The van der Waals surface area contributed by atoms with Gasteiger partial charge in [0, 0.05) is 11.1 Å². The first-order valence-corrected chi connectivity index (χ1v) is 8.30. The molecule has 1 saturated carbocycles. The lowest BCUT2D eigenvalue weighted by Gasteiger charge is -2.44. The van der Waals surface area contributed by atoms with Crippen molar-refractivity contribution in [2.75, 3.05) is 0 Å². The fourth-order valence-electron chi connectivity index (χ4n) is 3.61. The number of carbonyl (C=O) groups excluding carboxylic acids is 2. The number of hydrogen-bond donors (Lipinski definition) is 2. The van der Waals surface area contributed by atoms with Crippen molar-refractivity contribution in [3.63, 3.8) is 0 Å². The van der Waals surface area contributed by atoms with E-state index < -0.39 is 0 Å². The van der Waals surface area contributed by atoms with Gasteiger partial charge in [0.1, 0.15) is 0 Å². The molecular weight excluding hydrogens is 276 g/mol. The van der Waals surface area contributed by atoms with Crippen LogP contribution in [0, 0.1) is 23.7 Å². The third-order valence-corrected chi connectivity index (χ3v) is 4.35. The van der Waals surface area contributed by atoms with Crippen LogP contribution in [0.1, 0.15) is 54.4 Å². The maximum atomic E-state index is 12.8. The second-order valence-electron chi connectivity index (χ2n) is 8.82. The van der Waals surface area contributed by atoms with Crippen LogP contribution in [-0.2, 0) is 9.59 Å². The fourth-order valence-corrected chi connectivity index (χ4v) is 3.61. The van der Waals surface area contributed by atoms with Crippen molar-refractivity contribution in [3.8, 4) is 0 Å². The molecule has 1 fully saturated rings. The van der Waals surface area contributed by atoms with E-state index in [-0.39, 0.29) is 46.6 Å². The molecule has 3 rings (SSSR count). The Morgan fingerprint density at radius 1 is 0.773 bits per heavy atom. The normalized spacial score (nSPS) is 31.0. The summed E-state index contributed by atoms with van der Waals surface area (Å²) in [7, 11) is 0. The molecule has 0 radical (unpaired) electrons. The molecule has 0 aromatic heterocycles. The lowest BCUT2D eigenvalue weighted by Crippen LogP contribution is -2.56. The third-order valence-electron chi connectivity index (χ3n) is 4.35. The lowest BCUT2D eigenvalue weighted by molar-refractivity contribution is -0.142. The summed E-state index contributed by atoms with van der Waals surface area (Å²) in [6.45, 7) is 11.9. The van der Waals surface area contributed by atoms with Gasteiger partial charge in [-0.2, -0.15) is 0 Å². The molecule has 0 unspecified atom stereocenters. The Bertz CT molecular complexity index is 438. The van der Waals surface area contributed by atoms with Crippen LogP contribution in [0.5, 0.6) is 0 Å². The third kappa shape index (κ3) is 3.90. The summed E-state index contributed by atoms with van der Waals surface area (Å²) >= 11 is 0. The van der Waals surface area contributed by atoms with Gasteiger partial charge in [0.15, 0.2) is 0 Å². The van der Waals surface area contributed by atoms with Gasteiger partial charge in [-0.15, -0.1) is 0 Å². The molecule has 2 amide bonds. The molecule has 4 atom stereocenters. The van der Waals surface area contributed by atoms with Crippen molar-refractivity contribution in [2.24, 2.45) is 23.7 Å². The van der Waals surface area contributed by atoms with Crippen LogP contribution in [0.2, 0.25) is 0 Å². The van der Waals surface area contributed by atoms with Crippen LogP contribution in [-0.4, -0.2) is 22.9 Å². The Morgan fingerprint density at radius 3 is 1.32 bits per heavy atom. The SMILES string of the molecule is CC(C)(C)NC(=O)[C@@H]1[C@H](C(=O)NC(C)(C)C)[C@H]2C=C[C@H]1CC2. The van der Waals surface area contributed by atoms with Gasteiger partial charge in [0.25, 0.3) is 0 Å². The number of carbonyl (C=O) groups is 2.